The van der Waals surface area contributed by atoms with Crippen LogP contribution in [0.2, 0.25) is 5.02 Å². The van der Waals surface area contributed by atoms with Crippen LogP contribution in [0.5, 0.6) is 0 Å². The van der Waals surface area contributed by atoms with E-state index in [2.05, 4.69) is 22.2 Å². The van der Waals surface area contributed by atoms with Crippen molar-refractivity contribution in [2.24, 2.45) is 7.05 Å². The Balaban J connectivity index is 1.99. The standard InChI is InChI=1S/C15H15ClN4/c1-10(15-18-8-9-20(15)2)19-13-6-5-12(16)14-11(13)4-3-7-17-14/h3-10,19H,1-2H3. The van der Waals surface area contributed by atoms with E-state index in [9.17, 15) is 0 Å². The van der Waals surface area contributed by atoms with Gasteiger partial charge in [0, 0.05) is 36.7 Å². The first-order valence-corrected chi connectivity index (χ1v) is 6.81. The molecule has 0 amide bonds. The van der Waals surface area contributed by atoms with E-state index < -0.39 is 0 Å². The zero-order chi connectivity index (χ0) is 14.1. The molecule has 0 radical (unpaired) electrons. The van der Waals surface area contributed by atoms with Gasteiger partial charge in [0.2, 0.25) is 0 Å². The third-order valence-corrected chi connectivity index (χ3v) is 3.64. The van der Waals surface area contributed by atoms with E-state index in [1.165, 1.54) is 0 Å². The monoisotopic (exact) mass is 286 g/mol. The summed E-state index contributed by atoms with van der Waals surface area (Å²) in [5.41, 5.74) is 1.82. The summed E-state index contributed by atoms with van der Waals surface area (Å²) >= 11 is 6.18. The summed E-state index contributed by atoms with van der Waals surface area (Å²) in [6.07, 6.45) is 5.49. The number of halogens is 1. The minimum Gasteiger partial charge on any atom is -0.375 e. The normalized spacial score (nSPS) is 12.6. The molecule has 3 rings (SSSR count). The van der Waals surface area contributed by atoms with E-state index >= 15 is 0 Å². The van der Waals surface area contributed by atoms with E-state index in [0.29, 0.717) is 5.02 Å². The summed E-state index contributed by atoms with van der Waals surface area (Å²) in [7, 11) is 1.99. The molecule has 0 spiro atoms. The minimum atomic E-state index is 0.0968. The van der Waals surface area contributed by atoms with Gasteiger partial charge in [-0.1, -0.05) is 11.6 Å². The van der Waals surface area contributed by atoms with Gasteiger partial charge in [-0.2, -0.15) is 0 Å². The Morgan fingerprint density at radius 1 is 1.20 bits per heavy atom. The number of nitrogens with one attached hydrogen (secondary N) is 1. The zero-order valence-electron chi connectivity index (χ0n) is 11.3. The molecule has 1 atom stereocenters. The predicted octanol–water partition coefficient (Wildman–Crippen LogP) is 3.79. The van der Waals surface area contributed by atoms with Gasteiger partial charge in [-0.15, -0.1) is 0 Å². The molecule has 0 saturated carbocycles. The van der Waals surface area contributed by atoms with Crippen LogP contribution in [-0.4, -0.2) is 14.5 Å². The largest absolute Gasteiger partial charge is 0.375 e. The molecule has 0 saturated heterocycles. The van der Waals surface area contributed by atoms with Crippen molar-refractivity contribution in [2.75, 3.05) is 5.32 Å². The summed E-state index contributed by atoms with van der Waals surface area (Å²) in [4.78, 5) is 8.70. The molecule has 0 bridgehead atoms. The average Bonchev–Trinajstić information content (AvgIpc) is 2.88. The second-order valence-electron chi connectivity index (χ2n) is 4.76. The van der Waals surface area contributed by atoms with Crippen LogP contribution in [0.3, 0.4) is 0 Å². The molecule has 0 fully saturated rings. The number of hydrogen-bond acceptors (Lipinski definition) is 3. The highest BCUT2D eigenvalue weighted by Gasteiger charge is 2.12. The van der Waals surface area contributed by atoms with Gasteiger partial charge in [-0.25, -0.2) is 4.98 Å². The molecule has 4 nitrogen and oxygen atoms in total. The molecule has 20 heavy (non-hydrogen) atoms. The maximum atomic E-state index is 6.18. The third-order valence-electron chi connectivity index (χ3n) is 3.34. The molecule has 0 aliphatic rings. The highest BCUT2D eigenvalue weighted by atomic mass is 35.5. The highest BCUT2D eigenvalue weighted by molar-refractivity contribution is 6.35. The smallest absolute Gasteiger partial charge is 0.130 e. The number of aromatic nitrogens is 3. The van der Waals surface area contributed by atoms with Crippen LogP contribution in [-0.2, 0) is 7.05 Å². The molecule has 1 N–H and O–H groups in total. The molecular formula is C15H15ClN4. The van der Waals surface area contributed by atoms with Crippen LogP contribution < -0.4 is 5.32 Å². The second-order valence-corrected chi connectivity index (χ2v) is 5.16. The van der Waals surface area contributed by atoms with E-state index in [1.807, 2.05) is 42.1 Å². The Labute approximate surface area is 122 Å². The lowest BCUT2D eigenvalue weighted by molar-refractivity contribution is 0.722. The van der Waals surface area contributed by atoms with Crippen molar-refractivity contribution in [3.8, 4) is 0 Å². The topological polar surface area (TPSA) is 42.7 Å². The van der Waals surface area contributed by atoms with Crippen LogP contribution in [0.15, 0.2) is 42.9 Å². The molecule has 2 aromatic heterocycles. The van der Waals surface area contributed by atoms with Crippen molar-refractivity contribution in [3.05, 3.63) is 53.7 Å². The van der Waals surface area contributed by atoms with Gasteiger partial charge in [-0.3, -0.25) is 4.98 Å². The fourth-order valence-electron chi connectivity index (χ4n) is 2.36. The summed E-state index contributed by atoms with van der Waals surface area (Å²) in [6.45, 7) is 2.08. The quantitative estimate of drug-likeness (QED) is 0.796. The van der Waals surface area contributed by atoms with Crippen LogP contribution in [0.1, 0.15) is 18.8 Å². The second kappa shape index (κ2) is 5.13. The number of fused-ring (bicyclic) bond motifs is 1. The Kier molecular flexibility index (Phi) is 3.32. The van der Waals surface area contributed by atoms with Crippen molar-refractivity contribution < 1.29 is 0 Å². The first kappa shape index (κ1) is 12.9. The van der Waals surface area contributed by atoms with Gasteiger partial charge in [-0.05, 0) is 31.2 Å². The van der Waals surface area contributed by atoms with Crippen LogP contribution in [0.25, 0.3) is 10.9 Å². The molecule has 2 heterocycles. The maximum Gasteiger partial charge on any atom is 0.130 e. The molecule has 1 unspecified atom stereocenters. The van der Waals surface area contributed by atoms with Crippen LogP contribution in [0, 0.1) is 0 Å². The number of pyridine rings is 1. The van der Waals surface area contributed by atoms with E-state index in [0.717, 1.165) is 22.4 Å². The summed E-state index contributed by atoms with van der Waals surface area (Å²) in [6, 6.07) is 7.87. The molecule has 0 aliphatic heterocycles. The van der Waals surface area contributed by atoms with Crippen LogP contribution >= 0.6 is 11.6 Å². The van der Waals surface area contributed by atoms with Crippen molar-refractivity contribution in [1.82, 2.24) is 14.5 Å². The van der Waals surface area contributed by atoms with Crippen molar-refractivity contribution in [2.45, 2.75) is 13.0 Å². The molecule has 0 aliphatic carbocycles. The van der Waals surface area contributed by atoms with Crippen molar-refractivity contribution >= 4 is 28.2 Å². The van der Waals surface area contributed by atoms with E-state index in [4.69, 9.17) is 11.6 Å². The SMILES string of the molecule is CC(Nc1ccc(Cl)c2ncccc12)c1nccn1C. The first-order chi connectivity index (χ1) is 9.66. The zero-order valence-corrected chi connectivity index (χ0v) is 12.1. The average molecular weight is 287 g/mol. The Bertz CT molecular complexity index is 750. The van der Waals surface area contributed by atoms with Crippen molar-refractivity contribution in [1.29, 1.82) is 0 Å². The van der Waals surface area contributed by atoms with Gasteiger partial charge in [0.05, 0.1) is 16.6 Å². The van der Waals surface area contributed by atoms with Gasteiger partial charge < -0.3 is 9.88 Å². The lowest BCUT2D eigenvalue weighted by Gasteiger charge is -2.17. The number of anilines is 1. The van der Waals surface area contributed by atoms with Crippen molar-refractivity contribution in [3.63, 3.8) is 0 Å². The lowest BCUT2D eigenvalue weighted by atomic mass is 10.1. The molecule has 3 aromatic rings. The van der Waals surface area contributed by atoms with Gasteiger partial charge >= 0.3 is 0 Å². The number of rotatable bonds is 3. The summed E-state index contributed by atoms with van der Waals surface area (Å²) < 4.78 is 2.01. The van der Waals surface area contributed by atoms with Gasteiger partial charge in [0.15, 0.2) is 0 Å². The van der Waals surface area contributed by atoms with Gasteiger partial charge in [0.25, 0.3) is 0 Å². The first-order valence-electron chi connectivity index (χ1n) is 6.44. The minimum absolute atomic E-state index is 0.0968. The Hall–Kier alpha value is -2.07. The maximum absolute atomic E-state index is 6.18. The fourth-order valence-corrected chi connectivity index (χ4v) is 2.57. The number of imidazole rings is 1. The summed E-state index contributed by atoms with van der Waals surface area (Å²) in [5, 5.41) is 5.15. The highest BCUT2D eigenvalue weighted by Crippen LogP contribution is 2.30. The molecular weight excluding hydrogens is 272 g/mol. The summed E-state index contributed by atoms with van der Waals surface area (Å²) in [5.74, 6) is 0.983. The Morgan fingerprint density at radius 2 is 2.05 bits per heavy atom. The Morgan fingerprint density at radius 3 is 2.80 bits per heavy atom. The number of aryl methyl sites for hydroxylation is 1. The molecule has 5 heteroatoms. The number of hydrogen-bond donors (Lipinski definition) is 1. The molecule has 102 valence electrons. The van der Waals surface area contributed by atoms with Crippen LogP contribution in [0.4, 0.5) is 5.69 Å². The lowest BCUT2D eigenvalue weighted by Crippen LogP contribution is -2.12. The van der Waals surface area contributed by atoms with E-state index in [1.54, 1.807) is 12.4 Å². The predicted molar refractivity (Wildman–Crippen MR) is 82.0 cm³/mol. The number of benzene rings is 1. The van der Waals surface area contributed by atoms with Gasteiger partial charge in [0.1, 0.15) is 5.82 Å². The van der Waals surface area contributed by atoms with E-state index in [-0.39, 0.29) is 6.04 Å². The number of nitrogens with zero attached hydrogens (tertiary/aromatic N) is 3. The third kappa shape index (κ3) is 2.23. The molecule has 1 aromatic carbocycles. The fraction of sp³-hybridized carbons (Fsp3) is 0.200.